The van der Waals surface area contributed by atoms with Crippen molar-refractivity contribution in [1.82, 2.24) is 4.90 Å². The van der Waals surface area contributed by atoms with E-state index in [-0.39, 0.29) is 12.6 Å². The molecule has 21 heavy (non-hydrogen) atoms. The van der Waals surface area contributed by atoms with Crippen molar-refractivity contribution in [2.45, 2.75) is 19.4 Å². The number of carbonyl (C=O) groups excluding carboxylic acids is 1. The molecule has 0 radical (unpaired) electrons. The molecule has 0 N–H and O–H groups in total. The van der Waals surface area contributed by atoms with E-state index in [4.69, 9.17) is 0 Å². The van der Waals surface area contributed by atoms with Crippen molar-refractivity contribution in [2.75, 3.05) is 13.1 Å². The quantitative estimate of drug-likeness (QED) is 0.803. The molecule has 2 heterocycles. The standard InChI is InChI=1S/C16H15F2NOS/c1-10-11-6-8-21-15(11)5-7-19(10)9-14(20)16-12(17)3-2-4-13(16)18/h2-4,6,8,10H,5,7,9H2,1H3. The van der Waals surface area contributed by atoms with Gasteiger partial charge in [-0.15, -0.1) is 11.3 Å². The number of hydrogen-bond donors (Lipinski definition) is 0. The Morgan fingerprint density at radius 3 is 2.76 bits per heavy atom. The fourth-order valence-corrected chi connectivity index (χ4v) is 3.77. The molecular weight excluding hydrogens is 292 g/mol. The van der Waals surface area contributed by atoms with Crippen LogP contribution in [0.15, 0.2) is 29.6 Å². The average molecular weight is 307 g/mol. The van der Waals surface area contributed by atoms with E-state index in [1.807, 2.05) is 17.2 Å². The Morgan fingerprint density at radius 2 is 2.05 bits per heavy atom. The van der Waals surface area contributed by atoms with Crippen LogP contribution in [0.5, 0.6) is 0 Å². The molecule has 0 spiro atoms. The molecule has 110 valence electrons. The monoisotopic (exact) mass is 307 g/mol. The molecule has 3 rings (SSSR count). The summed E-state index contributed by atoms with van der Waals surface area (Å²) in [5, 5.41) is 2.04. The third kappa shape index (κ3) is 2.63. The van der Waals surface area contributed by atoms with Crippen molar-refractivity contribution in [3.63, 3.8) is 0 Å². The number of halogens is 2. The van der Waals surface area contributed by atoms with Crippen LogP contribution in [-0.2, 0) is 6.42 Å². The molecular formula is C16H15F2NOS. The van der Waals surface area contributed by atoms with Crippen LogP contribution in [-0.4, -0.2) is 23.8 Å². The van der Waals surface area contributed by atoms with Gasteiger partial charge in [-0.05, 0) is 42.5 Å². The van der Waals surface area contributed by atoms with Crippen LogP contribution in [0.4, 0.5) is 8.78 Å². The lowest BCUT2D eigenvalue weighted by atomic mass is 10.00. The minimum absolute atomic E-state index is 0.0360. The van der Waals surface area contributed by atoms with Gasteiger partial charge in [-0.25, -0.2) is 8.78 Å². The normalized spacial score (nSPS) is 18.5. The van der Waals surface area contributed by atoms with Gasteiger partial charge < -0.3 is 0 Å². The van der Waals surface area contributed by atoms with Crippen LogP contribution in [0.25, 0.3) is 0 Å². The molecule has 1 atom stereocenters. The summed E-state index contributed by atoms with van der Waals surface area (Å²) in [7, 11) is 0. The molecule has 2 aromatic rings. The van der Waals surface area contributed by atoms with Crippen LogP contribution in [0, 0.1) is 11.6 Å². The molecule has 0 fully saturated rings. The highest BCUT2D eigenvalue weighted by Gasteiger charge is 2.28. The highest BCUT2D eigenvalue weighted by molar-refractivity contribution is 7.10. The highest BCUT2D eigenvalue weighted by atomic mass is 32.1. The predicted octanol–water partition coefficient (Wildman–Crippen LogP) is 3.83. The SMILES string of the molecule is CC1c2ccsc2CCN1CC(=O)c1c(F)cccc1F. The molecule has 1 aromatic carbocycles. The predicted molar refractivity (Wildman–Crippen MR) is 78.7 cm³/mol. The van der Waals surface area contributed by atoms with E-state index in [0.717, 1.165) is 25.1 Å². The number of rotatable bonds is 3. The third-order valence-electron chi connectivity index (χ3n) is 3.99. The van der Waals surface area contributed by atoms with Crippen LogP contribution in [0.1, 0.15) is 33.8 Å². The van der Waals surface area contributed by atoms with Crippen LogP contribution >= 0.6 is 11.3 Å². The van der Waals surface area contributed by atoms with E-state index in [1.54, 1.807) is 11.3 Å². The lowest BCUT2D eigenvalue weighted by Gasteiger charge is -2.33. The van der Waals surface area contributed by atoms with Gasteiger partial charge in [-0.1, -0.05) is 6.07 Å². The Labute approximate surface area is 126 Å². The van der Waals surface area contributed by atoms with E-state index in [9.17, 15) is 13.6 Å². The molecule has 1 unspecified atom stereocenters. The van der Waals surface area contributed by atoms with Crippen molar-refractivity contribution in [3.8, 4) is 0 Å². The topological polar surface area (TPSA) is 20.3 Å². The number of carbonyl (C=O) groups is 1. The van der Waals surface area contributed by atoms with Gasteiger partial charge in [0.15, 0.2) is 5.78 Å². The summed E-state index contributed by atoms with van der Waals surface area (Å²) in [6, 6.07) is 5.66. The second-order valence-corrected chi connectivity index (χ2v) is 6.22. The second-order valence-electron chi connectivity index (χ2n) is 5.22. The van der Waals surface area contributed by atoms with Gasteiger partial charge in [0.05, 0.1) is 12.1 Å². The Morgan fingerprint density at radius 1 is 1.33 bits per heavy atom. The minimum atomic E-state index is -0.791. The second kappa shape index (κ2) is 5.66. The van der Waals surface area contributed by atoms with Gasteiger partial charge in [-0.3, -0.25) is 9.69 Å². The van der Waals surface area contributed by atoms with Crippen LogP contribution in [0.2, 0.25) is 0 Å². The largest absolute Gasteiger partial charge is 0.292 e. The van der Waals surface area contributed by atoms with Gasteiger partial charge in [-0.2, -0.15) is 0 Å². The van der Waals surface area contributed by atoms with Crippen molar-refractivity contribution >= 4 is 17.1 Å². The highest BCUT2D eigenvalue weighted by Crippen LogP contribution is 2.32. The molecule has 5 heteroatoms. The smallest absolute Gasteiger partial charge is 0.182 e. The van der Waals surface area contributed by atoms with Crippen molar-refractivity contribution in [2.24, 2.45) is 0 Å². The number of fused-ring (bicyclic) bond motifs is 1. The van der Waals surface area contributed by atoms with Crippen LogP contribution < -0.4 is 0 Å². The fourth-order valence-electron chi connectivity index (χ4n) is 2.81. The minimum Gasteiger partial charge on any atom is -0.292 e. The number of ketones is 1. The maximum absolute atomic E-state index is 13.7. The lowest BCUT2D eigenvalue weighted by molar-refractivity contribution is 0.0883. The van der Waals surface area contributed by atoms with Gasteiger partial charge in [0, 0.05) is 17.5 Å². The van der Waals surface area contributed by atoms with E-state index < -0.39 is 23.0 Å². The molecule has 0 saturated carbocycles. The maximum atomic E-state index is 13.7. The zero-order valence-corrected chi connectivity index (χ0v) is 12.4. The molecule has 1 aliphatic rings. The zero-order valence-electron chi connectivity index (χ0n) is 11.6. The van der Waals surface area contributed by atoms with Crippen molar-refractivity contribution in [3.05, 3.63) is 57.3 Å². The van der Waals surface area contributed by atoms with Gasteiger partial charge in [0.1, 0.15) is 11.6 Å². The zero-order chi connectivity index (χ0) is 15.0. The van der Waals surface area contributed by atoms with Gasteiger partial charge >= 0.3 is 0 Å². The Hall–Kier alpha value is -1.59. The van der Waals surface area contributed by atoms with E-state index in [1.165, 1.54) is 16.5 Å². The lowest BCUT2D eigenvalue weighted by Crippen LogP contribution is -2.37. The average Bonchev–Trinajstić information content (AvgIpc) is 2.91. The summed E-state index contributed by atoms with van der Waals surface area (Å²) in [6.45, 7) is 2.79. The Bertz CT molecular complexity index is 662. The number of hydrogen-bond acceptors (Lipinski definition) is 3. The first-order chi connectivity index (χ1) is 10.1. The molecule has 0 aliphatic carbocycles. The van der Waals surface area contributed by atoms with E-state index >= 15 is 0 Å². The molecule has 1 aliphatic heterocycles. The van der Waals surface area contributed by atoms with E-state index in [0.29, 0.717) is 0 Å². The Balaban J connectivity index is 1.80. The van der Waals surface area contributed by atoms with Crippen molar-refractivity contribution < 1.29 is 13.6 Å². The first-order valence-corrected chi connectivity index (χ1v) is 7.73. The summed E-state index contributed by atoms with van der Waals surface area (Å²) in [6.07, 6.45) is 0.879. The summed E-state index contributed by atoms with van der Waals surface area (Å²) >= 11 is 1.72. The number of Topliss-reactive ketones (excluding diaryl/α,β-unsaturated/α-hetero) is 1. The number of benzene rings is 1. The molecule has 2 nitrogen and oxygen atoms in total. The molecule has 1 aromatic heterocycles. The Kier molecular flexibility index (Phi) is 3.87. The first-order valence-electron chi connectivity index (χ1n) is 6.85. The molecule has 0 amide bonds. The summed E-state index contributed by atoms with van der Waals surface area (Å²) in [5.74, 6) is -2.09. The van der Waals surface area contributed by atoms with Gasteiger partial charge in [0.25, 0.3) is 0 Å². The van der Waals surface area contributed by atoms with E-state index in [2.05, 4.69) is 6.07 Å². The molecule has 0 saturated heterocycles. The van der Waals surface area contributed by atoms with Gasteiger partial charge in [0.2, 0.25) is 0 Å². The summed E-state index contributed by atoms with van der Waals surface area (Å²) in [4.78, 5) is 15.5. The maximum Gasteiger partial charge on any atom is 0.182 e. The first kappa shape index (κ1) is 14.4. The number of thiophene rings is 1. The van der Waals surface area contributed by atoms with Crippen molar-refractivity contribution in [1.29, 1.82) is 0 Å². The fraction of sp³-hybridized carbons (Fsp3) is 0.312. The summed E-state index contributed by atoms with van der Waals surface area (Å²) in [5.41, 5.74) is 0.786. The third-order valence-corrected chi connectivity index (χ3v) is 4.99. The number of nitrogens with zero attached hydrogens (tertiary/aromatic N) is 1. The summed E-state index contributed by atoms with van der Waals surface area (Å²) < 4.78 is 27.3. The van der Waals surface area contributed by atoms with Crippen LogP contribution in [0.3, 0.4) is 0 Å². The molecule has 0 bridgehead atoms.